The van der Waals surface area contributed by atoms with Crippen molar-refractivity contribution in [3.63, 3.8) is 0 Å². The van der Waals surface area contributed by atoms with Crippen LogP contribution in [0.1, 0.15) is 27.9 Å². The lowest BCUT2D eigenvalue weighted by atomic mass is 10.1. The molecule has 128 valence electrons. The molecule has 3 aromatic rings. The van der Waals surface area contributed by atoms with E-state index < -0.39 is 11.9 Å². The third kappa shape index (κ3) is 3.81. The SMILES string of the molecule is Cn1ccnc1C(NC(=O)c1nc(Cl)ccc1Cl)c1ccc(F)cc1. The van der Waals surface area contributed by atoms with Crippen LogP contribution in [0, 0.1) is 5.82 Å². The maximum absolute atomic E-state index is 13.2. The van der Waals surface area contributed by atoms with Gasteiger partial charge in [0.25, 0.3) is 5.91 Å². The van der Waals surface area contributed by atoms with E-state index in [0.29, 0.717) is 11.4 Å². The summed E-state index contributed by atoms with van der Waals surface area (Å²) in [5, 5.41) is 3.17. The molecule has 2 heterocycles. The maximum Gasteiger partial charge on any atom is 0.272 e. The Bertz CT molecular complexity index is 911. The fourth-order valence-corrected chi connectivity index (χ4v) is 2.72. The van der Waals surface area contributed by atoms with E-state index in [9.17, 15) is 9.18 Å². The number of carbonyl (C=O) groups excluding carboxylic acids is 1. The number of aromatic nitrogens is 3. The number of hydrogen-bond donors (Lipinski definition) is 1. The van der Waals surface area contributed by atoms with Gasteiger partial charge in [0.05, 0.1) is 5.02 Å². The molecule has 25 heavy (non-hydrogen) atoms. The molecule has 0 saturated carbocycles. The molecule has 1 atom stereocenters. The van der Waals surface area contributed by atoms with E-state index in [1.54, 1.807) is 36.1 Å². The van der Waals surface area contributed by atoms with E-state index in [2.05, 4.69) is 15.3 Å². The molecule has 0 spiro atoms. The summed E-state index contributed by atoms with van der Waals surface area (Å²) in [6.45, 7) is 0. The molecule has 0 radical (unpaired) electrons. The highest BCUT2D eigenvalue weighted by Gasteiger charge is 2.23. The lowest BCUT2D eigenvalue weighted by Gasteiger charge is -2.19. The molecule has 0 aliphatic rings. The Balaban J connectivity index is 1.98. The predicted octanol–water partition coefficient (Wildman–Crippen LogP) is 3.78. The number of amides is 1. The van der Waals surface area contributed by atoms with Crippen LogP contribution in [-0.2, 0) is 7.05 Å². The molecule has 0 saturated heterocycles. The van der Waals surface area contributed by atoms with Crippen molar-refractivity contribution in [2.24, 2.45) is 7.05 Å². The Morgan fingerprint density at radius 3 is 2.56 bits per heavy atom. The van der Waals surface area contributed by atoms with Gasteiger partial charge in [-0.25, -0.2) is 14.4 Å². The Kier molecular flexibility index (Phi) is 5.01. The lowest BCUT2D eigenvalue weighted by Crippen LogP contribution is -2.32. The Labute approximate surface area is 153 Å². The third-order valence-corrected chi connectivity index (χ3v) is 4.14. The van der Waals surface area contributed by atoms with Crippen LogP contribution in [-0.4, -0.2) is 20.4 Å². The van der Waals surface area contributed by atoms with Gasteiger partial charge in [0.1, 0.15) is 28.5 Å². The zero-order valence-electron chi connectivity index (χ0n) is 13.1. The first kappa shape index (κ1) is 17.4. The number of halogens is 3. The molecule has 5 nitrogen and oxygen atoms in total. The van der Waals surface area contributed by atoms with Crippen molar-refractivity contribution in [2.45, 2.75) is 6.04 Å². The van der Waals surface area contributed by atoms with Crippen LogP contribution in [0.5, 0.6) is 0 Å². The average Bonchev–Trinajstić information content (AvgIpc) is 3.01. The Morgan fingerprint density at radius 2 is 1.92 bits per heavy atom. The van der Waals surface area contributed by atoms with Gasteiger partial charge in [0.2, 0.25) is 0 Å². The number of benzene rings is 1. The number of imidazole rings is 1. The Morgan fingerprint density at radius 1 is 1.20 bits per heavy atom. The minimum absolute atomic E-state index is 0.00971. The van der Waals surface area contributed by atoms with Crippen molar-refractivity contribution in [1.82, 2.24) is 19.9 Å². The summed E-state index contributed by atoms with van der Waals surface area (Å²) in [6, 6.07) is 8.20. The van der Waals surface area contributed by atoms with E-state index in [-0.39, 0.29) is 21.7 Å². The highest BCUT2D eigenvalue weighted by atomic mass is 35.5. The molecule has 1 aromatic carbocycles. The summed E-state index contributed by atoms with van der Waals surface area (Å²) in [7, 11) is 1.80. The maximum atomic E-state index is 13.2. The first-order valence-electron chi connectivity index (χ1n) is 7.31. The molecule has 0 aliphatic carbocycles. The zero-order valence-corrected chi connectivity index (χ0v) is 14.6. The summed E-state index contributed by atoms with van der Waals surface area (Å²) in [6.07, 6.45) is 3.37. The highest BCUT2D eigenvalue weighted by molar-refractivity contribution is 6.34. The van der Waals surface area contributed by atoms with E-state index in [1.807, 2.05) is 0 Å². The number of pyridine rings is 1. The second-order valence-electron chi connectivity index (χ2n) is 5.32. The first-order valence-corrected chi connectivity index (χ1v) is 8.07. The van der Waals surface area contributed by atoms with Gasteiger partial charge in [-0.1, -0.05) is 35.3 Å². The molecule has 1 amide bonds. The van der Waals surface area contributed by atoms with Crippen molar-refractivity contribution in [3.05, 3.63) is 81.9 Å². The van der Waals surface area contributed by atoms with E-state index in [4.69, 9.17) is 23.2 Å². The van der Waals surface area contributed by atoms with Gasteiger partial charge in [-0.15, -0.1) is 0 Å². The largest absolute Gasteiger partial charge is 0.337 e. The lowest BCUT2D eigenvalue weighted by molar-refractivity contribution is 0.0936. The third-order valence-electron chi connectivity index (χ3n) is 3.62. The van der Waals surface area contributed by atoms with Gasteiger partial charge >= 0.3 is 0 Å². The van der Waals surface area contributed by atoms with Gasteiger partial charge in [0, 0.05) is 19.4 Å². The summed E-state index contributed by atoms with van der Waals surface area (Å²) in [4.78, 5) is 20.9. The number of hydrogen-bond acceptors (Lipinski definition) is 3. The van der Waals surface area contributed by atoms with Crippen molar-refractivity contribution in [2.75, 3.05) is 0 Å². The second-order valence-corrected chi connectivity index (χ2v) is 6.11. The molecule has 2 aromatic heterocycles. The van der Waals surface area contributed by atoms with Crippen molar-refractivity contribution >= 4 is 29.1 Å². The second kappa shape index (κ2) is 7.21. The standard InChI is InChI=1S/C17H13Cl2FN4O/c1-24-9-8-21-16(24)14(10-2-4-11(20)5-3-10)23-17(25)15-12(18)6-7-13(19)22-15/h2-9,14H,1H3,(H,23,25). The van der Waals surface area contributed by atoms with Gasteiger partial charge in [0.15, 0.2) is 0 Å². The quantitative estimate of drug-likeness (QED) is 0.702. The molecular formula is C17H13Cl2FN4O. The fourth-order valence-electron chi connectivity index (χ4n) is 2.38. The van der Waals surface area contributed by atoms with Crippen LogP contribution in [0.4, 0.5) is 4.39 Å². The minimum Gasteiger partial charge on any atom is -0.337 e. The first-order chi connectivity index (χ1) is 12.0. The van der Waals surface area contributed by atoms with Crippen LogP contribution in [0.2, 0.25) is 10.2 Å². The topological polar surface area (TPSA) is 59.8 Å². The van der Waals surface area contributed by atoms with E-state index in [1.165, 1.54) is 24.3 Å². The smallest absolute Gasteiger partial charge is 0.272 e. The Hall–Kier alpha value is -2.44. The predicted molar refractivity (Wildman–Crippen MR) is 93.2 cm³/mol. The average molecular weight is 379 g/mol. The van der Waals surface area contributed by atoms with Crippen LogP contribution in [0.15, 0.2) is 48.8 Å². The van der Waals surface area contributed by atoms with Crippen LogP contribution in [0.3, 0.4) is 0 Å². The van der Waals surface area contributed by atoms with Crippen molar-refractivity contribution in [1.29, 1.82) is 0 Å². The molecular weight excluding hydrogens is 366 g/mol. The van der Waals surface area contributed by atoms with Crippen LogP contribution >= 0.6 is 23.2 Å². The molecule has 1 unspecified atom stereocenters. The van der Waals surface area contributed by atoms with Crippen LogP contribution in [0.25, 0.3) is 0 Å². The number of nitrogens with one attached hydrogen (secondary N) is 1. The molecule has 1 N–H and O–H groups in total. The molecule has 0 fully saturated rings. The zero-order chi connectivity index (χ0) is 18.0. The molecule has 3 rings (SSSR count). The molecule has 0 aliphatic heterocycles. The van der Waals surface area contributed by atoms with Crippen molar-refractivity contribution < 1.29 is 9.18 Å². The fraction of sp³-hybridized carbons (Fsp3) is 0.118. The van der Waals surface area contributed by atoms with Gasteiger partial charge < -0.3 is 9.88 Å². The normalized spacial score (nSPS) is 12.0. The van der Waals surface area contributed by atoms with E-state index >= 15 is 0 Å². The van der Waals surface area contributed by atoms with E-state index in [0.717, 1.165) is 0 Å². The summed E-state index contributed by atoms with van der Waals surface area (Å²) in [5.41, 5.74) is 0.678. The highest BCUT2D eigenvalue weighted by Crippen LogP contribution is 2.23. The molecule has 0 bridgehead atoms. The van der Waals surface area contributed by atoms with Gasteiger partial charge in [-0.3, -0.25) is 4.79 Å². The number of carbonyl (C=O) groups is 1. The van der Waals surface area contributed by atoms with Gasteiger partial charge in [-0.05, 0) is 29.8 Å². The molecule has 8 heteroatoms. The van der Waals surface area contributed by atoms with Gasteiger partial charge in [-0.2, -0.15) is 0 Å². The number of rotatable bonds is 4. The monoisotopic (exact) mass is 378 g/mol. The van der Waals surface area contributed by atoms with Crippen LogP contribution < -0.4 is 5.32 Å². The summed E-state index contributed by atoms with van der Waals surface area (Å²) in [5.74, 6) is -0.295. The number of nitrogens with zero attached hydrogens (tertiary/aromatic N) is 3. The summed E-state index contributed by atoms with van der Waals surface area (Å²) < 4.78 is 15.0. The minimum atomic E-state index is -0.607. The number of aryl methyl sites for hydroxylation is 1. The van der Waals surface area contributed by atoms with Crippen molar-refractivity contribution in [3.8, 4) is 0 Å². The summed E-state index contributed by atoms with van der Waals surface area (Å²) >= 11 is 11.9.